The molecule has 0 bridgehead atoms. The zero-order valence-electron chi connectivity index (χ0n) is 19.5. The minimum Gasteiger partial charge on any atom is -0.492 e. The highest BCUT2D eigenvalue weighted by molar-refractivity contribution is 7.99. The fourth-order valence-electron chi connectivity index (χ4n) is 3.64. The Labute approximate surface area is 206 Å². The number of benzene rings is 2. The molecule has 0 atom stereocenters. The minimum absolute atomic E-state index is 0.00633. The van der Waals surface area contributed by atoms with E-state index in [1.54, 1.807) is 17.0 Å². The number of anilines is 1. The average Bonchev–Trinajstić information content (AvgIpc) is 3.38. The average molecular weight is 499 g/mol. The summed E-state index contributed by atoms with van der Waals surface area (Å²) in [5, 5.41) is 5.19. The second-order valence-corrected chi connectivity index (χ2v) is 9.96. The van der Waals surface area contributed by atoms with Crippen molar-refractivity contribution in [3.8, 4) is 5.75 Å². The van der Waals surface area contributed by atoms with Gasteiger partial charge in [-0.05, 0) is 63.2 Å². The molecule has 2 aromatic carbocycles. The summed E-state index contributed by atoms with van der Waals surface area (Å²) in [6.45, 7) is 7.50. The maximum atomic E-state index is 13.3. The molecular weight excluding hydrogens is 471 g/mol. The topological polar surface area (TPSA) is 60.2 Å². The van der Waals surface area contributed by atoms with Crippen LogP contribution in [0.3, 0.4) is 0 Å². The van der Waals surface area contributed by atoms with Crippen molar-refractivity contribution >= 4 is 44.4 Å². The van der Waals surface area contributed by atoms with E-state index in [1.807, 2.05) is 49.7 Å². The molecule has 0 spiro atoms. The van der Waals surface area contributed by atoms with Gasteiger partial charge in [0.2, 0.25) is 5.91 Å². The van der Waals surface area contributed by atoms with Crippen LogP contribution >= 0.6 is 23.1 Å². The van der Waals surface area contributed by atoms with Crippen LogP contribution < -0.4 is 9.64 Å². The maximum absolute atomic E-state index is 13.3. The summed E-state index contributed by atoms with van der Waals surface area (Å²) in [4.78, 5) is 20.8. The quantitative estimate of drug-likeness (QED) is 0.256. The molecule has 4 aromatic rings. The molecule has 0 aliphatic rings. The number of carbonyl (C=O) groups excluding carboxylic acids is 1. The third-order valence-electron chi connectivity index (χ3n) is 5.24. The molecule has 1 amide bonds. The first-order valence-electron chi connectivity index (χ1n) is 11.2. The van der Waals surface area contributed by atoms with E-state index in [0.717, 1.165) is 32.2 Å². The largest absolute Gasteiger partial charge is 0.492 e. The molecule has 0 aliphatic heterocycles. The van der Waals surface area contributed by atoms with Crippen LogP contribution in [0.15, 0.2) is 53.4 Å². The Morgan fingerprint density at radius 2 is 2.00 bits per heavy atom. The van der Waals surface area contributed by atoms with Gasteiger partial charge in [0.05, 0.1) is 23.5 Å². The maximum Gasteiger partial charge on any atom is 0.229 e. The number of rotatable bonds is 10. The van der Waals surface area contributed by atoms with Crippen LogP contribution in [-0.4, -0.2) is 39.6 Å². The molecule has 0 radical (unpaired) electrons. The number of carbonyl (C=O) groups is 1. The van der Waals surface area contributed by atoms with Crippen molar-refractivity contribution in [2.24, 2.45) is 0 Å². The van der Waals surface area contributed by atoms with Crippen LogP contribution in [0.5, 0.6) is 5.75 Å². The summed E-state index contributed by atoms with van der Waals surface area (Å²) in [7, 11) is 0. The molecule has 6 nitrogen and oxygen atoms in total. The van der Waals surface area contributed by atoms with E-state index in [-0.39, 0.29) is 11.7 Å². The van der Waals surface area contributed by atoms with Gasteiger partial charge in [-0.25, -0.2) is 9.37 Å². The van der Waals surface area contributed by atoms with Crippen molar-refractivity contribution in [1.29, 1.82) is 0 Å². The molecule has 0 aliphatic carbocycles. The van der Waals surface area contributed by atoms with Gasteiger partial charge in [0, 0.05) is 29.3 Å². The third kappa shape index (κ3) is 5.77. The number of amides is 1. The van der Waals surface area contributed by atoms with Crippen molar-refractivity contribution in [3.63, 3.8) is 0 Å². The molecule has 2 heterocycles. The van der Waals surface area contributed by atoms with Crippen LogP contribution in [0, 0.1) is 19.7 Å². The zero-order valence-corrected chi connectivity index (χ0v) is 21.1. The number of ether oxygens (including phenoxy) is 1. The van der Waals surface area contributed by atoms with Crippen LogP contribution in [0.1, 0.15) is 24.7 Å². The monoisotopic (exact) mass is 498 g/mol. The molecule has 0 N–H and O–H groups in total. The number of nitrogens with zero attached hydrogens (tertiary/aromatic N) is 4. The van der Waals surface area contributed by atoms with E-state index in [1.165, 1.54) is 35.2 Å². The number of hydrogen-bond donors (Lipinski definition) is 0. The number of thioether (sulfide) groups is 1. The number of hydrogen-bond acceptors (Lipinski definition) is 6. The van der Waals surface area contributed by atoms with E-state index in [4.69, 9.17) is 9.72 Å². The van der Waals surface area contributed by atoms with Crippen molar-refractivity contribution < 1.29 is 13.9 Å². The normalized spacial score (nSPS) is 11.2. The van der Waals surface area contributed by atoms with Crippen molar-refractivity contribution in [2.45, 2.75) is 38.6 Å². The molecule has 9 heteroatoms. The van der Waals surface area contributed by atoms with Gasteiger partial charge in [-0.1, -0.05) is 17.4 Å². The van der Waals surface area contributed by atoms with Gasteiger partial charge >= 0.3 is 0 Å². The molecule has 34 heavy (non-hydrogen) atoms. The third-order valence-corrected chi connectivity index (χ3v) is 7.30. The van der Waals surface area contributed by atoms with Gasteiger partial charge in [0.1, 0.15) is 17.1 Å². The second kappa shape index (κ2) is 11.0. The van der Waals surface area contributed by atoms with E-state index in [2.05, 4.69) is 5.10 Å². The predicted molar refractivity (Wildman–Crippen MR) is 137 cm³/mol. The molecule has 178 valence electrons. The van der Waals surface area contributed by atoms with E-state index < -0.39 is 0 Å². The Morgan fingerprint density at radius 3 is 2.71 bits per heavy atom. The van der Waals surface area contributed by atoms with Crippen molar-refractivity contribution in [3.05, 3.63) is 65.7 Å². The number of fused-ring (bicyclic) bond motifs is 1. The molecule has 4 rings (SSSR count). The first-order valence-corrected chi connectivity index (χ1v) is 13.0. The molecule has 0 fully saturated rings. The van der Waals surface area contributed by atoms with Gasteiger partial charge in [0.15, 0.2) is 5.13 Å². The summed E-state index contributed by atoms with van der Waals surface area (Å²) < 4.78 is 21.8. The Kier molecular flexibility index (Phi) is 7.84. The Bertz CT molecular complexity index is 1270. The highest BCUT2D eigenvalue weighted by Crippen LogP contribution is 2.34. The highest BCUT2D eigenvalue weighted by atomic mass is 32.2. The summed E-state index contributed by atoms with van der Waals surface area (Å²) in [6.07, 6.45) is 0.341. The summed E-state index contributed by atoms with van der Waals surface area (Å²) in [5.74, 6) is 1.04. The van der Waals surface area contributed by atoms with Crippen LogP contribution in [-0.2, 0) is 11.3 Å². The first-order chi connectivity index (χ1) is 16.4. The van der Waals surface area contributed by atoms with E-state index >= 15 is 0 Å². The second-order valence-electron chi connectivity index (χ2n) is 7.78. The Morgan fingerprint density at radius 1 is 1.21 bits per heavy atom. The molecule has 0 saturated heterocycles. The zero-order chi connectivity index (χ0) is 24.1. The standard InChI is InChI=1S/C25H27FN4O2S2/c1-4-32-21-6-5-7-22-24(21)27-25(34-22)29(13-14-30-18(3)16-17(2)28-30)23(31)12-15-33-20-10-8-19(26)9-11-20/h5-11,16H,4,12-15H2,1-3H3. The smallest absolute Gasteiger partial charge is 0.229 e. The minimum atomic E-state index is -0.266. The fourth-order valence-corrected chi connectivity index (χ4v) is 5.51. The van der Waals surface area contributed by atoms with Gasteiger partial charge in [-0.2, -0.15) is 5.10 Å². The molecular formula is C25H27FN4O2S2. The number of halogens is 1. The molecule has 0 unspecified atom stereocenters. The Hall–Kier alpha value is -2.91. The lowest BCUT2D eigenvalue weighted by Gasteiger charge is -2.20. The van der Waals surface area contributed by atoms with Crippen molar-refractivity contribution in [1.82, 2.24) is 14.8 Å². The van der Waals surface area contributed by atoms with Gasteiger partial charge in [-0.3, -0.25) is 14.4 Å². The number of para-hydroxylation sites is 1. The predicted octanol–water partition coefficient (Wildman–Crippen LogP) is 5.86. The fraction of sp³-hybridized carbons (Fsp3) is 0.320. The van der Waals surface area contributed by atoms with Gasteiger partial charge < -0.3 is 4.74 Å². The number of aromatic nitrogens is 3. The summed E-state index contributed by atoms with van der Waals surface area (Å²) in [5.41, 5.74) is 2.78. The molecule has 2 aromatic heterocycles. The lowest BCUT2D eigenvalue weighted by atomic mass is 10.3. The summed E-state index contributed by atoms with van der Waals surface area (Å²) in [6, 6.07) is 14.2. The van der Waals surface area contributed by atoms with Gasteiger partial charge in [0.25, 0.3) is 0 Å². The lowest BCUT2D eigenvalue weighted by molar-refractivity contribution is -0.118. The van der Waals surface area contributed by atoms with Crippen LogP contribution in [0.4, 0.5) is 9.52 Å². The summed E-state index contributed by atoms with van der Waals surface area (Å²) >= 11 is 3.02. The van der Waals surface area contributed by atoms with E-state index in [0.29, 0.717) is 37.0 Å². The van der Waals surface area contributed by atoms with Crippen LogP contribution in [0.2, 0.25) is 0 Å². The first kappa shape index (κ1) is 24.2. The van der Waals surface area contributed by atoms with Crippen molar-refractivity contribution in [2.75, 3.05) is 23.8 Å². The van der Waals surface area contributed by atoms with E-state index in [9.17, 15) is 9.18 Å². The Balaban J connectivity index is 1.54. The van der Waals surface area contributed by atoms with Gasteiger partial charge in [-0.15, -0.1) is 11.8 Å². The van der Waals surface area contributed by atoms with Crippen LogP contribution in [0.25, 0.3) is 10.2 Å². The molecule has 0 saturated carbocycles. The SMILES string of the molecule is CCOc1cccc2sc(N(CCn3nc(C)cc3C)C(=O)CCSc3ccc(F)cc3)nc12. The lowest BCUT2D eigenvalue weighted by Crippen LogP contribution is -2.34. The number of aryl methyl sites for hydroxylation is 2. The number of thiazole rings is 1. The highest BCUT2D eigenvalue weighted by Gasteiger charge is 2.21.